The lowest BCUT2D eigenvalue weighted by atomic mass is 9.98. The van der Waals surface area contributed by atoms with Gasteiger partial charge in [-0.05, 0) is 34.4 Å². The summed E-state index contributed by atoms with van der Waals surface area (Å²) < 4.78 is 0. The maximum Gasteiger partial charge on any atom is 0.251 e. The van der Waals surface area contributed by atoms with Crippen molar-refractivity contribution in [3.8, 4) is 22.3 Å². The molecule has 1 aromatic heterocycles. The number of hydrogen-bond donors (Lipinski definition) is 2. The first-order valence-corrected chi connectivity index (χ1v) is 7.52. The van der Waals surface area contributed by atoms with E-state index in [2.05, 4.69) is 39.7 Å². The zero-order valence-corrected chi connectivity index (χ0v) is 12.7. The van der Waals surface area contributed by atoms with Crippen molar-refractivity contribution in [3.05, 3.63) is 72.3 Å². The summed E-state index contributed by atoms with van der Waals surface area (Å²) in [6.07, 6.45) is 0. The molecule has 5 heteroatoms. The Kier molecular flexibility index (Phi) is 3.31. The molecule has 1 heterocycles. The molecule has 3 aromatic carbocycles. The van der Waals surface area contributed by atoms with Crippen LogP contribution in [0.2, 0.25) is 0 Å². The van der Waals surface area contributed by atoms with E-state index in [0.717, 1.165) is 22.3 Å². The zero-order chi connectivity index (χ0) is 16.5. The Morgan fingerprint density at radius 1 is 0.792 bits per heavy atom. The van der Waals surface area contributed by atoms with Crippen LogP contribution in [-0.2, 0) is 0 Å². The third-order valence-corrected chi connectivity index (χ3v) is 4.01. The van der Waals surface area contributed by atoms with Gasteiger partial charge in [-0.15, -0.1) is 0 Å². The molecule has 0 bridgehead atoms. The van der Waals surface area contributed by atoms with Crippen LogP contribution in [0.3, 0.4) is 0 Å². The fourth-order valence-electron chi connectivity index (χ4n) is 2.79. The molecule has 0 aliphatic heterocycles. The maximum atomic E-state index is 11.7. The van der Waals surface area contributed by atoms with E-state index in [-0.39, 0.29) is 0 Å². The van der Waals surface area contributed by atoms with Crippen molar-refractivity contribution in [2.75, 3.05) is 0 Å². The molecular formula is C19H14N4O. The van der Waals surface area contributed by atoms with Crippen LogP contribution in [0.4, 0.5) is 0 Å². The zero-order valence-electron chi connectivity index (χ0n) is 12.7. The molecule has 0 spiro atoms. The number of hydrogen-bond acceptors (Lipinski definition) is 3. The first-order valence-electron chi connectivity index (χ1n) is 7.52. The van der Waals surface area contributed by atoms with Crippen molar-refractivity contribution >= 4 is 16.9 Å². The summed E-state index contributed by atoms with van der Waals surface area (Å²) in [7, 11) is 0. The molecule has 0 unspecified atom stereocenters. The van der Waals surface area contributed by atoms with Crippen molar-refractivity contribution in [3.63, 3.8) is 0 Å². The highest BCUT2D eigenvalue weighted by molar-refractivity contribution is 6.05. The first-order chi connectivity index (χ1) is 11.7. The normalized spacial score (nSPS) is 10.8. The van der Waals surface area contributed by atoms with Crippen LogP contribution in [0.15, 0.2) is 66.7 Å². The number of amides is 1. The van der Waals surface area contributed by atoms with Crippen molar-refractivity contribution in [1.29, 1.82) is 0 Å². The van der Waals surface area contributed by atoms with Gasteiger partial charge >= 0.3 is 0 Å². The van der Waals surface area contributed by atoms with Gasteiger partial charge in [-0.1, -0.05) is 54.6 Å². The number of nitrogens with two attached hydrogens (primary N) is 1. The fraction of sp³-hybridized carbons (Fsp3) is 0. The lowest BCUT2D eigenvalue weighted by Crippen LogP contribution is -2.11. The molecule has 116 valence electrons. The summed E-state index contributed by atoms with van der Waals surface area (Å²) >= 11 is 0. The lowest BCUT2D eigenvalue weighted by Gasteiger charge is -2.06. The van der Waals surface area contributed by atoms with E-state index in [1.165, 1.54) is 0 Å². The van der Waals surface area contributed by atoms with E-state index in [1.54, 1.807) is 6.07 Å². The molecule has 4 rings (SSSR count). The van der Waals surface area contributed by atoms with Gasteiger partial charge in [0.05, 0.1) is 5.56 Å². The molecule has 0 aliphatic carbocycles. The number of rotatable bonds is 3. The van der Waals surface area contributed by atoms with Gasteiger partial charge in [-0.3, -0.25) is 4.79 Å². The molecule has 0 fully saturated rings. The molecule has 0 saturated carbocycles. The predicted octanol–water partition coefficient (Wildman–Crippen LogP) is 3.39. The van der Waals surface area contributed by atoms with Crippen LogP contribution in [0, 0.1) is 0 Å². The molecule has 3 N–H and O–H groups in total. The number of nitrogens with zero attached hydrogens (tertiary/aromatic N) is 2. The second kappa shape index (κ2) is 5.62. The van der Waals surface area contributed by atoms with Gasteiger partial charge in [0.25, 0.3) is 5.91 Å². The molecule has 0 radical (unpaired) electrons. The number of H-pyrrole nitrogens is 1. The van der Waals surface area contributed by atoms with Crippen LogP contribution in [0.1, 0.15) is 10.4 Å². The summed E-state index contributed by atoms with van der Waals surface area (Å²) in [5.41, 5.74) is 11.1. The second-order valence-electron chi connectivity index (χ2n) is 5.52. The van der Waals surface area contributed by atoms with Crippen molar-refractivity contribution in [2.45, 2.75) is 0 Å². The van der Waals surface area contributed by atoms with Crippen LogP contribution >= 0.6 is 0 Å². The average Bonchev–Trinajstić information content (AvgIpc) is 3.10. The minimum absolute atomic E-state index is 0.364. The number of nitrogens with one attached hydrogen (secondary N) is 1. The standard InChI is InChI=1S/C19H14N4O/c20-19(24)16-10-15(11-17-18(16)22-23-21-17)14-8-6-13(7-9-14)12-4-2-1-3-5-12/h1-11H,(H2,20,24)(H,21,22,23). The van der Waals surface area contributed by atoms with Crippen LogP contribution in [-0.4, -0.2) is 21.3 Å². The number of aromatic amines is 1. The third kappa shape index (κ3) is 2.42. The number of carbonyl (C=O) groups is 1. The Labute approximate surface area is 138 Å². The maximum absolute atomic E-state index is 11.7. The van der Waals surface area contributed by atoms with Crippen LogP contribution in [0.25, 0.3) is 33.3 Å². The van der Waals surface area contributed by atoms with Crippen molar-refractivity contribution < 1.29 is 4.79 Å². The number of primary amides is 1. The van der Waals surface area contributed by atoms with Gasteiger partial charge in [0, 0.05) is 0 Å². The Morgan fingerprint density at radius 3 is 2.08 bits per heavy atom. The summed E-state index contributed by atoms with van der Waals surface area (Å²) in [6.45, 7) is 0. The fourth-order valence-corrected chi connectivity index (χ4v) is 2.79. The van der Waals surface area contributed by atoms with Gasteiger partial charge in [0.2, 0.25) is 0 Å². The SMILES string of the molecule is NC(=O)c1cc(-c2ccc(-c3ccccc3)cc2)cc2n[nH]nc12. The molecule has 4 aromatic rings. The van der Waals surface area contributed by atoms with Gasteiger partial charge in [0.15, 0.2) is 0 Å². The van der Waals surface area contributed by atoms with Crippen LogP contribution < -0.4 is 5.73 Å². The van der Waals surface area contributed by atoms with Crippen molar-refractivity contribution in [2.24, 2.45) is 5.73 Å². The average molecular weight is 314 g/mol. The molecule has 0 atom stereocenters. The smallest absolute Gasteiger partial charge is 0.251 e. The van der Waals surface area contributed by atoms with Gasteiger partial charge < -0.3 is 5.73 Å². The van der Waals surface area contributed by atoms with E-state index in [1.807, 2.05) is 36.4 Å². The van der Waals surface area contributed by atoms with E-state index in [4.69, 9.17) is 5.73 Å². The predicted molar refractivity (Wildman–Crippen MR) is 93.3 cm³/mol. The highest BCUT2D eigenvalue weighted by Gasteiger charge is 2.13. The summed E-state index contributed by atoms with van der Waals surface area (Å²) in [5.74, 6) is -0.517. The minimum atomic E-state index is -0.517. The van der Waals surface area contributed by atoms with E-state index >= 15 is 0 Å². The Morgan fingerprint density at radius 2 is 1.42 bits per heavy atom. The third-order valence-electron chi connectivity index (χ3n) is 4.01. The van der Waals surface area contributed by atoms with Gasteiger partial charge in [-0.2, -0.15) is 15.4 Å². The Hall–Kier alpha value is -3.47. The molecular weight excluding hydrogens is 300 g/mol. The Bertz CT molecular complexity index is 1020. The largest absolute Gasteiger partial charge is 0.366 e. The second-order valence-corrected chi connectivity index (χ2v) is 5.52. The topological polar surface area (TPSA) is 84.7 Å². The minimum Gasteiger partial charge on any atom is -0.366 e. The quantitative estimate of drug-likeness (QED) is 0.608. The van der Waals surface area contributed by atoms with E-state index in [0.29, 0.717) is 16.6 Å². The summed E-state index contributed by atoms with van der Waals surface area (Å²) in [4.78, 5) is 11.7. The molecule has 5 nitrogen and oxygen atoms in total. The van der Waals surface area contributed by atoms with Crippen LogP contribution in [0.5, 0.6) is 0 Å². The lowest BCUT2D eigenvalue weighted by molar-refractivity contribution is 0.100. The van der Waals surface area contributed by atoms with Crippen molar-refractivity contribution in [1.82, 2.24) is 15.4 Å². The van der Waals surface area contributed by atoms with Gasteiger partial charge in [-0.25, -0.2) is 0 Å². The van der Waals surface area contributed by atoms with E-state index in [9.17, 15) is 4.79 Å². The first kappa shape index (κ1) is 14.1. The number of aromatic nitrogens is 3. The van der Waals surface area contributed by atoms with E-state index < -0.39 is 5.91 Å². The monoisotopic (exact) mass is 314 g/mol. The van der Waals surface area contributed by atoms with Gasteiger partial charge in [0.1, 0.15) is 11.0 Å². The molecule has 0 aliphatic rings. The summed E-state index contributed by atoms with van der Waals surface area (Å²) in [6, 6.07) is 22.0. The Balaban J connectivity index is 1.79. The number of fused-ring (bicyclic) bond motifs is 1. The number of benzene rings is 3. The molecule has 0 saturated heterocycles. The number of carbonyl (C=O) groups excluding carboxylic acids is 1. The molecule has 24 heavy (non-hydrogen) atoms. The highest BCUT2D eigenvalue weighted by Crippen LogP contribution is 2.28. The summed E-state index contributed by atoms with van der Waals surface area (Å²) in [5, 5.41) is 10.6. The molecule has 1 amide bonds. The highest BCUT2D eigenvalue weighted by atomic mass is 16.1.